The van der Waals surface area contributed by atoms with Gasteiger partial charge in [-0.2, -0.15) is 0 Å². The molecule has 15 heteroatoms. The number of aromatic nitrogens is 6. The number of amides is 1. The summed E-state index contributed by atoms with van der Waals surface area (Å²) in [5.74, 6) is 6.46. The highest BCUT2D eigenvalue weighted by molar-refractivity contribution is 6.30. The van der Waals surface area contributed by atoms with Gasteiger partial charge in [-0.15, -0.1) is 0 Å². The standard InChI is InChI=1S/C25H32ClN5O.C20H26ClN5.C5H8O2.CH4/c1-25(9-10-25)23(32)30-21-6-5-20(27-16-21)4-2-3-18-13-22(18)17-7-11-31(12-8-17)24-28-14-19(26)15-29-24;21-16-11-24-20(25-12-16)26-8-6-14(7-9-26)19-10-15(19)2-1-3-18-5-4-17(22)13-23-18;1-5(2-3-5)4(6)7;/h5-6,14-18,22H,2-4,7-13H2,1H3,(H,30,32);4-5,11-15,19H,1-3,6-10,22H2;2-3H2,1H3,(H,6,7);1H4/t18-,22-;15-,19-;;/m11../s1. The molecule has 4 aromatic rings. The number of carbonyl (C=O) groups excluding carboxylic acids is 1. The Bertz CT molecular complexity index is 2170. The number of nitrogens with two attached hydrogens (primary N) is 1. The molecular formula is C51H70Cl2N10O3. The molecule has 66 heavy (non-hydrogen) atoms. The smallest absolute Gasteiger partial charge is 0.309 e. The van der Waals surface area contributed by atoms with Crippen molar-refractivity contribution in [3.63, 3.8) is 0 Å². The first-order valence-electron chi connectivity index (χ1n) is 24.0. The van der Waals surface area contributed by atoms with Gasteiger partial charge in [-0.3, -0.25) is 19.6 Å². The van der Waals surface area contributed by atoms with Crippen LogP contribution in [0.3, 0.4) is 0 Å². The largest absolute Gasteiger partial charge is 0.481 e. The highest BCUT2D eigenvalue weighted by Crippen LogP contribution is 2.52. The van der Waals surface area contributed by atoms with E-state index in [0.717, 1.165) is 135 Å². The van der Waals surface area contributed by atoms with E-state index in [4.69, 9.17) is 34.0 Å². The number of anilines is 4. The third-order valence-electron chi connectivity index (χ3n) is 15.0. The molecule has 4 saturated carbocycles. The van der Waals surface area contributed by atoms with Crippen LogP contribution in [0.5, 0.6) is 0 Å². The molecule has 10 rings (SSSR count). The van der Waals surface area contributed by atoms with Crippen LogP contribution in [0.2, 0.25) is 10.0 Å². The second-order valence-electron chi connectivity index (χ2n) is 20.2. The van der Waals surface area contributed by atoms with Gasteiger partial charge in [0.1, 0.15) is 0 Å². The first-order chi connectivity index (χ1) is 31.3. The summed E-state index contributed by atoms with van der Waals surface area (Å²) >= 11 is 11.8. The van der Waals surface area contributed by atoms with Gasteiger partial charge in [-0.05, 0) is 169 Å². The molecule has 2 saturated heterocycles. The Labute approximate surface area is 401 Å². The summed E-state index contributed by atoms with van der Waals surface area (Å²) in [6.07, 6.45) is 28.9. The fourth-order valence-electron chi connectivity index (χ4n) is 9.77. The highest BCUT2D eigenvalue weighted by Gasteiger charge is 2.46. The van der Waals surface area contributed by atoms with E-state index in [-0.39, 0.29) is 24.2 Å². The summed E-state index contributed by atoms with van der Waals surface area (Å²) < 4.78 is 0. The maximum absolute atomic E-state index is 12.1. The van der Waals surface area contributed by atoms with Crippen molar-refractivity contribution in [2.75, 3.05) is 47.0 Å². The molecule has 0 bridgehead atoms. The molecule has 4 aromatic heterocycles. The van der Waals surface area contributed by atoms with Crippen molar-refractivity contribution >= 4 is 58.3 Å². The van der Waals surface area contributed by atoms with Gasteiger partial charge < -0.3 is 26.0 Å². The fourth-order valence-corrected chi connectivity index (χ4v) is 9.97. The number of nitrogens with one attached hydrogen (secondary N) is 1. The first-order valence-corrected chi connectivity index (χ1v) is 24.7. The normalized spacial score (nSPS) is 23.5. The van der Waals surface area contributed by atoms with Crippen molar-refractivity contribution in [1.29, 1.82) is 0 Å². The van der Waals surface area contributed by atoms with E-state index in [9.17, 15) is 9.59 Å². The molecule has 6 aliphatic rings. The summed E-state index contributed by atoms with van der Waals surface area (Å²) in [6, 6.07) is 8.04. The van der Waals surface area contributed by atoms with Gasteiger partial charge in [0.25, 0.3) is 0 Å². The summed E-state index contributed by atoms with van der Waals surface area (Å²) in [4.78, 5) is 53.2. The number of carboxylic acid groups (broad SMARTS) is 1. The molecule has 4 atom stereocenters. The number of hydrogen-bond donors (Lipinski definition) is 3. The SMILES string of the molecule is C.CC1(C(=O)Nc2ccc(CCC[C@@H]3C[C@@H]3C3CCN(c4ncc(Cl)cn4)CC3)nc2)CC1.CC1(C(=O)O)CC1.Nc1ccc(CCC[C@@H]2C[C@@H]2C2CCN(c3ncc(Cl)cn3)CC2)nc1. The Balaban J connectivity index is 0.000000171. The Hall–Kier alpha value is -4.62. The molecule has 0 aromatic carbocycles. The van der Waals surface area contributed by atoms with Gasteiger partial charge in [-0.25, -0.2) is 19.9 Å². The molecule has 2 aliphatic heterocycles. The second-order valence-corrected chi connectivity index (χ2v) is 21.0. The van der Waals surface area contributed by atoms with Crippen LogP contribution in [-0.4, -0.2) is 73.1 Å². The van der Waals surface area contributed by atoms with Crippen LogP contribution in [-0.2, 0) is 22.4 Å². The summed E-state index contributed by atoms with van der Waals surface area (Å²) in [6.45, 7) is 8.00. The summed E-state index contributed by atoms with van der Waals surface area (Å²) in [5, 5.41) is 12.5. The first kappa shape index (κ1) is 49.3. The lowest BCUT2D eigenvalue weighted by atomic mass is 9.90. The van der Waals surface area contributed by atoms with Crippen LogP contribution in [0.1, 0.15) is 123 Å². The van der Waals surface area contributed by atoms with Crippen molar-refractivity contribution in [2.24, 2.45) is 46.3 Å². The summed E-state index contributed by atoms with van der Waals surface area (Å²) in [5.41, 5.74) is 9.03. The van der Waals surface area contributed by atoms with Crippen LogP contribution < -0.4 is 20.9 Å². The zero-order valence-corrected chi connectivity index (χ0v) is 39.6. The third kappa shape index (κ3) is 13.7. The van der Waals surface area contributed by atoms with Crippen molar-refractivity contribution in [2.45, 2.75) is 124 Å². The average molecular weight is 942 g/mol. The lowest BCUT2D eigenvalue weighted by molar-refractivity contribution is -0.142. The number of piperidine rings is 2. The van der Waals surface area contributed by atoms with Gasteiger partial charge in [-0.1, -0.05) is 37.6 Å². The van der Waals surface area contributed by atoms with Crippen molar-refractivity contribution in [1.82, 2.24) is 29.9 Å². The quantitative estimate of drug-likeness (QED) is 0.103. The van der Waals surface area contributed by atoms with Crippen LogP contribution >= 0.6 is 23.2 Å². The molecule has 0 spiro atoms. The molecule has 356 valence electrons. The zero-order chi connectivity index (χ0) is 45.6. The van der Waals surface area contributed by atoms with Gasteiger partial charge in [0.05, 0.1) is 64.0 Å². The zero-order valence-electron chi connectivity index (χ0n) is 38.1. The van der Waals surface area contributed by atoms with Crippen molar-refractivity contribution in [3.05, 3.63) is 82.9 Å². The highest BCUT2D eigenvalue weighted by atomic mass is 35.5. The Kier molecular flexibility index (Phi) is 16.4. The number of halogens is 2. The van der Waals surface area contributed by atoms with E-state index < -0.39 is 5.97 Å². The van der Waals surface area contributed by atoms with Crippen LogP contribution in [0.4, 0.5) is 23.3 Å². The van der Waals surface area contributed by atoms with Crippen molar-refractivity contribution < 1.29 is 14.7 Å². The van der Waals surface area contributed by atoms with E-state index in [2.05, 4.69) is 51.1 Å². The molecular weight excluding hydrogens is 872 g/mol. The van der Waals surface area contributed by atoms with Crippen molar-refractivity contribution in [3.8, 4) is 0 Å². The number of carboxylic acids is 1. The monoisotopic (exact) mass is 941 g/mol. The maximum atomic E-state index is 12.1. The molecule has 4 N–H and O–H groups in total. The summed E-state index contributed by atoms with van der Waals surface area (Å²) in [7, 11) is 0. The fraction of sp³-hybridized carbons (Fsp3) is 0.608. The molecule has 6 fully saturated rings. The van der Waals surface area contributed by atoms with Gasteiger partial charge >= 0.3 is 5.97 Å². The number of nitrogens with zero attached hydrogens (tertiary/aromatic N) is 8. The van der Waals surface area contributed by atoms with Gasteiger partial charge in [0, 0.05) is 43.0 Å². The Morgan fingerprint density at radius 2 is 1.11 bits per heavy atom. The number of carbonyl (C=O) groups is 2. The molecule has 1 amide bonds. The molecule has 0 radical (unpaired) electrons. The van der Waals surface area contributed by atoms with Crippen LogP contribution in [0.15, 0.2) is 61.4 Å². The number of aryl methyl sites for hydroxylation is 2. The topological polar surface area (TPSA) is 176 Å². The minimum atomic E-state index is -0.646. The molecule has 13 nitrogen and oxygen atoms in total. The third-order valence-corrected chi connectivity index (χ3v) is 15.4. The Morgan fingerprint density at radius 1 is 0.667 bits per heavy atom. The predicted octanol–water partition coefficient (Wildman–Crippen LogP) is 10.6. The number of aliphatic carboxylic acids is 1. The minimum Gasteiger partial charge on any atom is -0.481 e. The molecule has 0 unspecified atom stereocenters. The number of pyridine rings is 2. The number of hydrogen-bond acceptors (Lipinski definition) is 11. The van der Waals surface area contributed by atoms with Crippen LogP contribution in [0.25, 0.3) is 0 Å². The van der Waals surface area contributed by atoms with E-state index in [0.29, 0.717) is 10.0 Å². The molecule has 4 aliphatic carbocycles. The van der Waals surface area contributed by atoms with E-state index >= 15 is 0 Å². The lowest BCUT2D eigenvalue weighted by Gasteiger charge is -2.32. The van der Waals surface area contributed by atoms with E-state index in [1.807, 2.05) is 25.1 Å². The Morgan fingerprint density at radius 3 is 1.47 bits per heavy atom. The predicted molar refractivity (Wildman–Crippen MR) is 264 cm³/mol. The van der Waals surface area contributed by atoms with E-state index in [1.54, 1.807) is 44.1 Å². The lowest BCUT2D eigenvalue weighted by Crippen LogP contribution is -2.35. The number of rotatable bonds is 15. The van der Waals surface area contributed by atoms with E-state index in [1.165, 1.54) is 64.2 Å². The molecule has 6 heterocycles. The van der Waals surface area contributed by atoms with Gasteiger partial charge in [0.2, 0.25) is 17.8 Å². The van der Waals surface area contributed by atoms with Crippen LogP contribution in [0, 0.1) is 46.3 Å². The number of nitrogen functional groups attached to an aromatic ring is 1. The second kappa shape index (κ2) is 22.0. The van der Waals surface area contributed by atoms with Gasteiger partial charge in [0.15, 0.2) is 0 Å². The maximum Gasteiger partial charge on any atom is 0.309 e. The minimum absolute atomic E-state index is 0. The average Bonchev–Trinajstić information content (AvgIpc) is 4.11.